The number of unbranched alkanes of at least 4 members (excludes halogenated alkanes) is 1. The number of nitrogens with one attached hydrogen (secondary N) is 1. The maximum atomic E-state index is 13.0. The molecule has 0 atom stereocenters. The standard InChI is InChI=1S/C24H38ClN5O3/c1-2-33-22-16-21(27)20(25)15-19(22)23(31)28-18-7-13-30(14-8-18)24(32)17-5-11-29(12-6-17)10-4-3-9-26/h15-18H,2-14,26-27H2,1H3,(H,28,31). The van der Waals surface area contributed by atoms with E-state index in [2.05, 4.69) is 10.2 Å². The second-order valence-electron chi connectivity index (χ2n) is 8.99. The number of hydrogen-bond acceptors (Lipinski definition) is 6. The van der Waals surface area contributed by atoms with Gasteiger partial charge in [0.25, 0.3) is 5.91 Å². The number of hydrogen-bond donors (Lipinski definition) is 3. The van der Waals surface area contributed by atoms with Gasteiger partial charge in [-0.25, -0.2) is 0 Å². The number of nitrogen functional groups attached to an aromatic ring is 1. The van der Waals surface area contributed by atoms with E-state index >= 15 is 0 Å². The number of amides is 2. The molecule has 2 heterocycles. The molecular weight excluding hydrogens is 442 g/mol. The Morgan fingerprint density at radius 1 is 1.12 bits per heavy atom. The number of ether oxygens (including phenoxy) is 1. The number of benzene rings is 1. The summed E-state index contributed by atoms with van der Waals surface area (Å²) < 4.78 is 5.57. The predicted molar refractivity (Wildman–Crippen MR) is 132 cm³/mol. The molecule has 2 saturated heterocycles. The molecule has 2 fully saturated rings. The normalized spacial score (nSPS) is 18.3. The first-order valence-corrected chi connectivity index (χ1v) is 12.5. The van der Waals surface area contributed by atoms with E-state index in [1.54, 1.807) is 12.1 Å². The van der Waals surface area contributed by atoms with Crippen molar-refractivity contribution in [3.05, 3.63) is 22.7 Å². The minimum Gasteiger partial charge on any atom is -0.493 e. The summed E-state index contributed by atoms with van der Waals surface area (Å²) in [5.74, 6) is 0.587. The number of carbonyl (C=O) groups is 2. The highest BCUT2D eigenvalue weighted by Gasteiger charge is 2.31. The lowest BCUT2D eigenvalue weighted by Crippen LogP contribution is -2.49. The van der Waals surface area contributed by atoms with Gasteiger partial charge in [-0.1, -0.05) is 11.6 Å². The molecular formula is C24H38ClN5O3. The minimum absolute atomic E-state index is 0.0109. The van der Waals surface area contributed by atoms with Crippen molar-refractivity contribution >= 4 is 29.1 Å². The quantitative estimate of drug-likeness (QED) is 0.370. The molecule has 0 radical (unpaired) electrons. The van der Waals surface area contributed by atoms with Crippen LogP contribution < -0.4 is 21.5 Å². The second kappa shape index (κ2) is 12.4. The average Bonchev–Trinajstić information content (AvgIpc) is 2.82. The maximum Gasteiger partial charge on any atom is 0.255 e. The molecule has 8 nitrogen and oxygen atoms in total. The van der Waals surface area contributed by atoms with Gasteiger partial charge in [0.15, 0.2) is 0 Å². The van der Waals surface area contributed by atoms with Gasteiger partial charge < -0.3 is 31.3 Å². The lowest BCUT2D eigenvalue weighted by atomic mass is 9.93. The van der Waals surface area contributed by atoms with Crippen LogP contribution in [0.3, 0.4) is 0 Å². The van der Waals surface area contributed by atoms with Gasteiger partial charge in [0.2, 0.25) is 5.91 Å². The highest BCUT2D eigenvalue weighted by molar-refractivity contribution is 6.33. The van der Waals surface area contributed by atoms with Crippen LogP contribution in [0.2, 0.25) is 5.02 Å². The van der Waals surface area contributed by atoms with Crippen LogP contribution in [0.15, 0.2) is 12.1 Å². The van der Waals surface area contributed by atoms with Crippen molar-refractivity contribution in [1.29, 1.82) is 0 Å². The van der Waals surface area contributed by atoms with E-state index in [-0.39, 0.29) is 23.8 Å². The maximum absolute atomic E-state index is 13.0. The molecule has 3 rings (SSSR count). The number of nitrogens with zero attached hydrogens (tertiary/aromatic N) is 2. The van der Waals surface area contributed by atoms with E-state index in [0.717, 1.165) is 64.7 Å². The number of halogens is 1. The van der Waals surface area contributed by atoms with E-state index in [0.29, 0.717) is 41.7 Å². The molecule has 0 bridgehead atoms. The summed E-state index contributed by atoms with van der Waals surface area (Å²) in [6.07, 6.45) is 5.52. The SMILES string of the molecule is CCOc1cc(N)c(Cl)cc1C(=O)NC1CCN(C(=O)C2CCN(CCCCN)CC2)CC1. The van der Waals surface area contributed by atoms with Crippen LogP contribution in [0.25, 0.3) is 0 Å². The van der Waals surface area contributed by atoms with Crippen LogP contribution in [-0.4, -0.2) is 73.5 Å². The summed E-state index contributed by atoms with van der Waals surface area (Å²) in [5.41, 5.74) is 12.2. The van der Waals surface area contributed by atoms with Crippen LogP contribution in [0.5, 0.6) is 5.75 Å². The van der Waals surface area contributed by atoms with Gasteiger partial charge in [0, 0.05) is 31.1 Å². The average molecular weight is 480 g/mol. The van der Waals surface area contributed by atoms with Gasteiger partial charge in [-0.3, -0.25) is 9.59 Å². The second-order valence-corrected chi connectivity index (χ2v) is 9.39. The summed E-state index contributed by atoms with van der Waals surface area (Å²) in [6, 6.07) is 3.15. The van der Waals surface area contributed by atoms with Gasteiger partial charge in [-0.05, 0) is 77.7 Å². The van der Waals surface area contributed by atoms with Crippen molar-refractivity contribution in [3.8, 4) is 5.75 Å². The summed E-state index contributed by atoms with van der Waals surface area (Å²) in [6.45, 7) is 7.40. The Morgan fingerprint density at radius 3 is 2.45 bits per heavy atom. The smallest absolute Gasteiger partial charge is 0.255 e. The van der Waals surface area contributed by atoms with Gasteiger partial charge in [-0.2, -0.15) is 0 Å². The van der Waals surface area contributed by atoms with Gasteiger partial charge in [0.05, 0.1) is 22.9 Å². The van der Waals surface area contributed by atoms with Crippen LogP contribution >= 0.6 is 11.6 Å². The molecule has 0 unspecified atom stereocenters. The number of nitrogens with two attached hydrogens (primary N) is 2. The molecule has 5 N–H and O–H groups in total. The molecule has 0 aromatic heterocycles. The first-order chi connectivity index (χ1) is 15.9. The number of piperidine rings is 2. The van der Waals surface area contributed by atoms with Crippen molar-refractivity contribution in [2.45, 2.75) is 51.5 Å². The third-order valence-corrected chi connectivity index (χ3v) is 6.98. The number of carbonyl (C=O) groups excluding carboxylic acids is 2. The molecule has 9 heteroatoms. The van der Waals surface area contributed by atoms with Crippen molar-refractivity contribution in [1.82, 2.24) is 15.1 Å². The van der Waals surface area contributed by atoms with Crippen LogP contribution in [0, 0.1) is 5.92 Å². The molecule has 1 aromatic carbocycles. The lowest BCUT2D eigenvalue weighted by molar-refractivity contribution is -0.138. The lowest BCUT2D eigenvalue weighted by Gasteiger charge is -2.37. The Balaban J connectivity index is 1.46. The molecule has 1 aromatic rings. The Labute approximate surface area is 201 Å². The number of anilines is 1. The van der Waals surface area contributed by atoms with Crippen molar-refractivity contribution in [3.63, 3.8) is 0 Å². The molecule has 0 saturated carbocycles. The molecule has 2 aliphatic heterocycles. The Kier molecular flexibility index (Phi) is 9.64. The van der Waals surface area contributed by atoms with E-state index < -0.39 is 0 Å². The first-order valence-electron chi connectivity index (χ1n) is 12.2. The first kappa shape index (κ1) is 25.6. The molecule has 33 heavy (non-hydrogen) atoms. The van der Waals surface area contributed by atoms with Gasteiger partial charge in [-0.15, -0.1) is 0 Å². The third-order valence-electron chi connectivity index (χ3n) is 6.65. The molecule has 2 amide bonds. The zero-order chi connectivity index (χ0) is 23.8. The summed E-state index contributed by atoms with van der Waals surface area (Å²) >= 11 is 6.13. The fourth-order valence-electron chi connectivity index (χ4n) is 4.67. The van der Waals surface area contributed by atoms with Crippen molar-refractivity contribution in [2.75, 3.05) is 51.6 Å². The summed E-state index contributed by atoms with van der Waals surface area (Å²) in [5, 5.41) is 3.41. The molecule has 0 spiro atoms. The topological polar surface area (TPSA) is 114 Å². The zero-order valence-electron chi connectivity index (χ0n) is 19.7. The zero-order valence-corrected chi connectivity index (χ0v) is 20.4. The largest absolute Gasteiger partial charge is 0.493 e. The predicted octanol–water partition coefficient (Wildman–Crippen LogP) is 2.49. The summed E-state index contributed by atoms with van der Waals surface area (Å²) in [7, 11) is 0. The number of likely N-dealkylation sites (tertiary alicyclic amines) is 2. The Hall–Kier alpha value is -2.03. The minimum atomic E-state index is -0.230. The van der Waals surface area contributed by atoms with E-state index in [4.69, 9.17) is 27.8 Å². The fourth-order valence-corrected chi connectivity index (χ4v) is 4.83. The van der Waals surface area contributed by atoms with Crippen LogP contribution in [0.1, 0.15) is 55.8 Å². The third kappa shape index (κ3) is 6.98. The van der Waals surface area contributed by atoms with Crippen molar-refractivity contribution < 1.29 is 14.3 Å². The molecule has 2 aliphatic rings. The fraction of sp³-hybridized carbons (Fsp3) is 0.667. The van der Waals surface area contributed by atoms with E-state index in [1.165, 1.54) is 0 Å². The number of rotatable bonds is 9. The highest BCUT2D eigenvalue weighted by Crippen LogP contribution is 2.29. The van der Waals surface area contributed by atoms with Gasteiger partial charge >= 0.3 is 0 Å². The van der Waals surface area contributed by atoms with E-state index in [1.807, 2.05) is 11.8 Å². The molecule has 0 aliphatic carbocycles. The summed E-state index contributed by atoms with van der Waals surface area (Å²) in [4.78, 5) is 30.3. The van der Waals surface area contributed by atoms with E-state index in [9.17, 15) is 9.59 Å². The van der Waals surface area contributed by atoms with Crippen LogP contribution in [-0.2, 0) is 4.79 Å². The van der Waals surface area contributed by atoms with Crippen LogP contribution in [0.4, 0.5) is 5.69 Å². The van der Waals surface area contributed by atoms with Crippen molar-refractivity contribution in [2.24, 2.45) is 11.7 Å². The Morgan fingerprint density at radius 2 is 1.82 bits per heavy atom. The van der Waals surface area contributed by atoms with Gasteiger partial charge in [0.1, 0.15) is 5.75 Å². The monoisotopic (exact) mass is 479 g/mol. The molecule has 184 valence electrons. The highest BCUT2D eigenvalue weighted by atomic mass is 35.5. The Bertz CT molecular complexity index is 806.